The molecule has 0 saturated heterocycles. The van der Waals surface area contributed by atoms with Crippen molar-refractivity contribution in [3.63, 3.8) is 0 Å². The van der Waals surface area contributed by atoms with Crippen LogP contribution in [0.25, 0.3) is 10.7 Å². The van der Waals surface area contributed by atoms with Crippen LogP contribution in [0.3, 0.4) is 0 Å². The van der Waals surface area contributed by atoms with Crippen molar-refractivity contribution in [2.24, 2.45) is 18.4 Å². The molecule has 1 atom stereocenters. The van der Waals surface area contributed by atoms with E-state index in [0.717, 1.165) is 28.7 Å². The number of thioether (sulfide) groups is 1. The average molecular weight is 418 g/mol. The van der Waals surface area contributed by atoms with E-state index in [0.29, 0.717) is 24.3 Å². The van der Waals surface area contributed by atoms with Gasteiger partial charge in [0, 0.05) is 18.5 Å². The van der Waals surface area contributed by atoms with E-state index in [1.807, 2.05) is 29.0 Å². The lowest BCUT2D eigenvalue weighted by atomic mass is 9.72. The highest BCUT2D eigenvalue weighted by Crippen LogP contribution is 2.42. The minimum atomic E-state index is -0.0930. The second-order valence-electron chi connectivity index (χ2n) is 8.28. The van der Waals surface area contributed by atoms with Crippen LogP contribution in [0, 0.1) is 22.7 Å². The summed E-state index contributed by atoms with van der Waals surface area (Å²) in [7, 11) is 1.95. The van der Waals surface area contributed by atoms with Crippen LogP contribution < -0.4 is 5.32 Å². The Morgan fingerprint density at radius 1 is 1.46 bits per heavy atom. The second kappa shape index (κ2) is 8.66. The molecule has 0 aromatic carbocycles. The summed E-state index contributed by atoms with van der Waals surface area (Å²) in [6.07, 6.45) is 3.85. The summed E-state index contributed by atoms with van der Waals surface area (Å²) in [5.74, 6) is 1.75. The Hall–Kier alpha value is -1.85. The lowest BCUT2D eigenvalue weighted by Gasteiger charge is -2.33. The van der Waals surface area contributed by atoms with E-state index in [4.69, 9.17) is 5.26 Å². The van der Waals surface area contributed by atoms with E-state index < -0.39 is 0 Å². The number of carbonyl (C=O) groups excluding carboxylic acids is 1. The SMILES string of the molecule is Cn1c(SCC(=O)NCCC#N)nnc1-c1cc2c(s1)CCC(C(C)(C)C)C2. The molecule has 0 saturated carbocycles. The van der Waals surface area contributed by atoms with Gasteiger partial charge >= 0.3 is 0 Å². The van der Waals surface area contributed by atoms with E-state index in [2.05, 4.69) is 42.4 Å². The number of nitrogens with one attached hydrogen (secondary N) is 1. The Kier molecular flexibility index (Phi) is 6.46. The predicted octanol–water partition coefficient (Wildman–Crippen LogP) is 3.82. The van der Waals surface area contributed by atoms with E-state index in [9.17, 15) is 4.79 Å². The molecule has 2 aromatic heterocycles. The predicted molar refractivity (Wildman–Crippen MR) is 113 cm³/mol. The lowest BCUT2D eigenvalue weighted by molar-refractivity contribution is -0.118. The van der Waals surface area contributed by atoms with Crippen molar-refractivity contribution in [1.82, 2.24) is 20.1 Å². The third-order valence-electron chi connectivity index (χ3n) is 5.25. The fraction of sp³-hybridized carbons (Fsp3) is 0.600. The van der Waals surface area contributed by atoms with Gasteiger partial charge in [0.2, 0.25) is 5.91 Å². The lowest BCUT2D eigenvalue weighted by Crippen LogP contribution is -2.26. The Balaban J connectivity index is 1.67. The van der Waals surface area contributed by atoms with Crippen molar-refractivity contribution in [2.45, 2.75) is 51.6 Å². The molecule has 0 aliphatic heterocycles. The zero-order valence-electron chi connectivity index (χ0n) is 16.9. The van der Waals surface area contributed by atoms with Gasteiger partial charge in [0.1, 0.15) is 0 Å². The van der Waals surface area contributed by atoms with Crippen molar-refractivity contribution in [3.8, 4) is 16.8 Å². The first-order chi connectivity index (χ1) is 13.3. The molecule has 1 N–H and O–H groups in total. The number of amides is 1. The quantitative estimate of drug-likeness (QED) is 0.571. The maximum atomic E-state index is 11.8. The van der Waals surface area contributed by atoms with Crippen LogP contribution in [0.15, 0.2) is 11.2 Å². The smallest absolute Gasteiger partial charge is 0.230 e. The van der Waals surface area contributed by atoms with Crippen molar-refractivity contribution in [3.05, 3.63) is 16.5 Å². The molecular weight excluding hydrogens is 390 g/mol. The van der Waals surface area contributed by atoms with Crippen molar-refractivity contribution in [2.75, 3.05) is 12.3 Å². The fourth-order valence-electron chi connectivity index (χ4n) is 3.47. The largest absolute Gasteiger partial charge is 0.354 e. The minimum absolute atomic E-state index is 0.0930. The summed E-state index contributed by atoms with van der Waals surface area (Å²) in [6.45, 7) is 7.38. The zero-order valence-corrected chi connectivity index (χ0v) is 18.5. The molecule has 6 nitrogen and oxygen atoms in total. The Bertz CT molecular complexity index is 888. The molecule has 2 heterocycles. The van der Waals surface area contributed by atoms with Crippen LogP contribution in [-0.2, 0) is 24.7 Å². The van der Waals surface area contributed by atoms with Gasteiger partial charge < -0.3 is 9.88 Å². The van der Waals surface area contributed by atoms with Gasteiger partial charge in [0.05, 0.1) is 23.1 Å². The van der Waals surface area contributed by atoms with Gasteiger partial charge in [0.15, 0.2) is 11.0 Å². The number of hydrogen-bond donors (Lipinski definition) is 1. The van der Waals surface area contributed by atoms with Gasteiger partial charge in [-0.25, -0.2) is 0 Å². The number of nitriles is 1. The first kappa shape index (κ1) is 20.9. The summed E-state index contributed by atoms with van der Waals surface area (Å²) in [5, 5.41) is 20.6. The highest BCUT2D eigenvalue weighted by molar-refractivity contribution is 7.99. The normalized spacial score (nSPS) is 16.5. The van der Waals surface area contributed by atoms with Crippen molar-refractivity contribution in [1.29, 1.82) is 5.26 Å². The zero-order chi connectivity index (χ0) is 20.3. The molecule has 0 bridgehead atoms. The van der Waals surface area contributed by atoms with Gasteiger partial charge in [-0.1, -0.05) is 32.5 Å². The summed E-state index contributed by atoms with van der Waals surface area (Å²) in [4.78, 5) is 14.5. The second-order valence-corrected chi connectivity index (χ2v) is 10.4. The molecule has 1 aliphatic rings. The van der Waals surface area contributed by atoms with Crippen LogP contribution in [0.4, 0.5) is 0 Å². The number of rotatable bonds is 6. The number of aryl methyl sites for hydroxylation is 1. The van der Waals surface area contributed by atoms with E-state index in [-0.39, 0.29) is 11.7 Å². The van der Waals surface area contributed by atoms with Gasteiger partial charge in [0.25, 0.3) is 0 Å². The molecule has 8 heteroatoms. The number of hydrogen-bond acceptors (Lipinski definition) is 6. The monoisotopic (exact) mass is 417 g/mol. The summed E-state index contributed by atoms with van der Waals surface area (Å²) in [6, 6.07) is 4.29. The van der Waals surface area contributed by atoms with Crippen LogP contribution in [0.5, 0.6) is 0 Å². The summed E-state index contributed by atoms with van der Waals surface area (Å²) >= 11 is 3.19. The molecule has 0 radical (unpaired) electrons. The first-order valence-electron chi connectivity index (χ1n) is 9.57. The molecule has 0 spiro atoms. The Morgan fingerprint density at radius 2 is 2.25 bits per heavy atom. The summed E-state index contributed by atoms with van der Waals surface area (Å²) in [5.41, 5.74) is 1.79. The van der Waals surface area contributed by atoms with Crippen molar-refractivity contribution >= 4 is 29.0 Å². The first-order valence-corrected chi connectivity index (χ1v) is 11.4. The van der Waals surface area contributed by atoms with Crippen LogP contribution in [0.2, 0.25) is 0 Å². The maximum Gasteiger partial charge on any atom is 0.230 e. The van der Waals surface area contributed by atoms with E-state index >= 15 is 0 Å². The highest BCUT2D eigenvalue weighted by atomic mass is 32.2. The molecule has 28 heavy (non-hydrogen) atoms. The van der Waals surface area contributed by atoms with E-state index in [1.54, 1.807) is 0 Å². The molecule has 2 aromatic rings. The molecule has 1 amide bonds. The Morgan fingerprint density at radius 3 is 2.96 bits per heavy atom. The third kappa shape index (κ3) is 4.76. The van der Waals surface area contributed by atoms with Gasteiger partial charge in [-0.05, 0) is 42.2 Å². The fourth-order valence-corrected chi connectivity index (χ4v) is 5.44. The standard InChI is InChI=1S/C20H27N5OS2/c1-20(2,3)14-6-7-15-13(10-14)11-16(28-15)18-23-24-19(25(18)4)27-12-17(26)22-9-5-8-21/h11,14H,5-7,9-10,12H2,1-4H3,(H,22,26). The molecule has 3 rings (SSSR count). The molecule has 1 unspecified atom stereocenters. The molecule has 0 fully saturated rings. The molecular formula is C20H27N5OS2. The van der Waals surface area contributed by atoms with Crippen molar-refractivity contribution < 1.29 is 4.79 Å². The average Bonchev–Trinajstić information content (AvgIpc) is 3.21. The van der Waals surface area contributed by atoms with E-state index in [1.165, 1.54) is 28.6 Å². The molecule has 1 aliphatic carbocycles. The number of aromatic nitrogens is 3. The van der Waals surface area contributed by atoms with Crippen LogP contribution >= 0.6 is 23.1 Å². The van der Waals surface area contributed by atoms with Crippen LogP contribution in [-0.4, -0.2) is 33.0 Å². The Labute approximate surface area is 174 Å². The highest BCUT2D eigenvalue weighted by Gasteiger charge is 2.30. The number of carbonyl (C=O) groups is 1. The van der Waals surface area contributed by atoms with Gasteiger partial charge in [-0.3, -0.25) is 4.79 Å². The summed E-state index contributed by atoms with van der Waals surface area (Å²) < 4.78 is 1.96. The van der Waals surface area contributed by atoms with Crippen LogP contribution in [0.1, 0.15) is 44.1 Å². The van der Waals surface area contributed by atoms with Gasteiger partial charge in [-0.2, -0.15) is 5.26 Å². The minimum Gasteiger partial charge on any atom is -0.354 e. The van der Waals surface area contributed by atoms with Gasteiger partial charge in [-0.15, -0.1) is 21.5 Å². The third-order valence-corrected chi connectivity index (χ3v) is 7.51. The number of nitrogens with zero attached hydrogens (tertiary/aromatic N) is 4. The molecule has 150 valence electrons. The number of fused-ring (bicyclic) bond motifs is 1. The number of thiophene rings is 1. The maximum absolute atomic E-state index is 11.8. The topological polar surface area (TPSA) is 83.6 Å².